The van der Waals surface area contributed by atoms with Crippen molar-refractivity contribution in [1.82, 2.24) is 10.2 Å². The number of nitrogens with one attached hydrogen (secondary N) is 1. The third-order valence-corrected chi connectivity index (χ3v) is 6.80. The highest BCUT2D eigenvalue weighted by atomic mass is 32.2. The molecule has 1 aromatic rings. The van der Waals surface area contributed by atoms with E-state index in [2.05, 4.69) is 5.32 Å². The molecule has 2 saturated heterocycles. The van der Waals surface area contributed by atoms with Crippen LogP contribution in [0.1, 0.15) is 12.0 Å². The molecule has 3 rings (SSSR count). The van der Waals surface area contributed by atoms with E-state index in [1.165, 1.54) is 0 Å². The molecule has 9 heteroatoms. The maximum atomic E-state index is 12.3. The van der Waals surface area contributed by atoms with Crippen LogP contribution in [0.2, 0.25) is 0 Å². The van der Waals surface area contributed by atoms with Crippen LogP contribution >= 0.6 is 11.8 Å². The highest BCUT2D eigenvalue weighted by Crippen LogP contribution is 2.30. The molecule has 0 aliphatic carbocycles. The molecule has 0 aromatic heterocycles. The number of amides is 3. The van der Waals surface area contributed by atoms with Crippen molar-refractivity contribution in [3.63, 3.8) is 0 Å². The van der Waals surface area contributed by atoms with Crippen LogP contribution in [-0.2, 0) is 19.4 Å². The van der Waals surface area contributed by atoms with E-state index in [1.807, 2.05) is 30.3 Å². The first-order chi connectivity index (χ1) is 12.8. The molecule has 1 atom stereocenters. The number of hydrogen-bond donors (Lipinski definition) is 1. The minimum absolute atomic E-state index is 0.0377. The van der Waals surface area contributed by atoms with Crippen molar-refractivity contribution in [2.45, 2.75) is 12.5 Å². The van der Waals surface area contributed by atoms with Crippen LogP contribution in [-0.4, -0.2) is 54.5 Å². The fraction of sp³-hybridized carbons (Fsp3) is 0.278. The standard InChI is InChI=1S/C18H18N2O5S2/c21-16(19-14-9-10-27(24,25)12-14)11-20-17(22)15(26-18(20)23)8-4-7-13-5-2-1-3-6-13/h1-8,14H,9-12H2,(H,19,21)/b7-4+,15-8+/t14-/m1/s1. The van der Waals surface area contributed by atoms with E-state index in [9.17, 15) is 22.8 Å². The predicted octanol–water partition coefficient (Wildman–Crippen LogP) is 1.58. The number of nitrogens with zero attached hydrogens (tertiary/aromatic N) is 1. The highest BCUT2D eigenvalue weighted by molar-refractivity contribution is 8.18. The lowest BCUT2D eigenvalue weighted by atomic mass is 10.2. The lowest BCUT2D eigenvalue weighted by molar-refractivity contribution is -0.129. The van der Waals surface area contributed by atoms with Gasteiger partial charge >= 0.3 is 0 Å². The lowest BCUT2D eigenvalue weighted by Crippen LogP contribution is -2.43. The Morgan fingerprint density at radius 3 is 2.67 bits per heavy atom. The summed E-state index contributed by atoms with van der Waals surface area (Å²) in [5.74, 6) is -1.14. The molecular weight excluding hydrogens is 388 g/mol. The summed E-state index contributed by atoms with van der Waals surface area (Å²) in [6, 6.07) is 9.03. The summed E-state index contributed by atoms with van der Waals surface area (Å²) < 4.78 is 22.9. The van der Waals surface area contributed by atoms with Crippen molar-refractivity contribution in [2.75, 3.05) is 18.1 Å². The van der Waals surface area contributed by atoms with Crippen molar-refractivity contribution in [1.29, 1.82) is 0 Å². The van der Waals surface area contributed by atoms with E-state index in [4.69, 9.17) is 0 Å². The molecule has 27 heavy (non-hydrogen) atoms. The van der Waals surface area contributed by atoms with Gasteiger partial charge in [-0.1, -0.05) is 42.5 Å². The first-order valence-electron chi connectivity index (χ1n) is 8.31. The van der Waals surface area contributed by atoms with Gasteiger partial charge in [-0.15, -0.1) is 0 Å². The number of rotatable bonds is 5. The molecule has 3 amide bonds. The van der Waals surface area contributed by atoms with E-state index in [-0.39, 0.29) is 16.4 Å². The Hall–Kier alpha value is -2.39. The molecule has 0 spiro atoms. The first kappa shape index (κ1) is 19.4. The zero-order valence-corrected chi connectivity index (χ0v) is 16.0. The molecule has 2 heterocycles. The molecule has 2 fully saturated rings. The number of imide groups is 1. The van der Waals surface area contributed by atoms with E-state index >= 15 is 0 Å². The van der Waals surface area contributed by atoms with Gasteiger partial charge in [-0.2, -0.15) is 0 Å². The van der Waals surface area contributed by atoms with Crippen LogP contribution in [0.3, 0.4) is 0 Å². The van der Waals surface area contributed by atoms with E-state index in [0.717, 1.165) is 22.2 Å². The first-order valence-corrected chi connectivity index (χ1v) is 10.9. The number of sulfone groups is 1. The summed E-state index contributed by atoms with van der Waals surface area (Å²) in [5.41, 5.74) is 0.957. The zero-order valence-electron chi connectivity index (χ0n) is 14.3. The van der Waals surface area contributed by atoms with Gasteiger partial charge in [0.2, 0.25) is 5.91 Å². The second-order valence-corrected chi connectivity index (χ2v) is 9.45. The number of carbonyl (C=O) groups is 3. The SMILES string of the molecule is O=C(CN1C(=O)S/C(=C/C=C/c2ccccc2)C1=O)N[C@@H]1CCS(=O)(=O)C1. The number of hydrogen-bond acceptors (Lipinski definition) is 6. The Kier molecular flexibility index (Phi) is 5.81. The largest absolute Gasteiger partial charge is 0.351 e. The van der Waals surface area contributed by atoms with Crippen molar-refractivity contribution >= 4 is 44.7 Å². The maximum absolute atomic E-state index is 12.3. The Morgan fingerprint density at radius 1 is 1.26 bits per heavy atom. The van der Waals surface area contributed by atoms with Gasteiger partial charge in [0, 0.05) is 6.04 Å². The quantitative estimate of drug-likeness (QED) is 0.745. The van der Waals surface area contributed by atoms with E-state index < -0.39 is 39.5 Å². The van der Waals surface area contributed by atoms with Gasteiger partial charge in [0.05, 0.1) is 16.4 Å². The monoisotopic (exact) mass is 406 g/mol. The summed E-state index contributed by atoms with van der Waals surface area (Å²) in [5, 5.41) is 2.06. The van der Waals surface area contributed by atoms with Crippen LogP contribution in [0.5, 0.6) is 0 Å². The van der Waals surface area contributed by atoms with Crippen molar-refractivity contribution in [2.24, 2.45) is 0 Å². The van der Waals surface area contributed by atoms with Gasteiger partial charge < -0.3 is 5.32 Å². The molecule has 2 aliphatic heterocycles. The predicted molar refractivity (Wildman–Crippen MR) is 103 cm³/mol. The fourth-order valence-corrected chi connectivity index (χ4v) is 5.25. The van der Waals surface area contributed by atoms with E-state index in [0.29, 0.717) is 6.42 Å². The summed E-state index contributed by atoms with van der Waals surface area (Å²) >= 11 is 0.773. The number of thioether (sulfide) groups is 1. The highest BCUT2D eigenvalue weighted by Gasteiger charge is 2.37. The lowest BCUT2D eigenvalue weighted by Gasteiger charge is -2.15. The number of benzene rings is 1. The molecule has 2 aliphatic rings. The Labute approximate surface area is 161 Å². The average Bonchev–Trinajstić information content (AvgIpc) is 3.09. The Balaban J connectivity index is 1.58. The van der Waals surface area contributed by atoms with Crippen molar-refractivity contribution < 1.29 is 22.8 Å². The van der Waals surface area contributed by atoms with E-state index in [1.54, 1.807) is 18.2 Å². The van der Waals surface area contributed by atoms with Crippen LogP contribution in [0.15, 0.2) is 47.4 Å². The molecular formula is C18H18N2O5S2. The van der Waals surface area contributed by atoms with Crippen LogP contribution in [0.25, 0.3) is 6.08 Å². The second-order valence-electron chi connectivity index (χ2n) is 6.23. The minimum atomic E-state index is -3.11. The van der Waals surface area contributed by atoms with Crippen molar-refractivity contribution in [3.8, 4) is 0 Å². The molecule has 0 radical (unpaired) electrons. The molecule has 7 nitrogen and oxygen atoms in total. The number of carbonyl (C=O) groups excluding carboxylic acids is 3. The topological polar surface area (TPSA) is 101 Å². The van der Waals surface area contributed by atoms with Crippen LogP contribution in [0.4, 0.5) is 4.79 Å². The summed E-state index contributed by atoms with van der Waals surface area (Å²) in [6.07, 6.45) is 5.37. The molecule has 0 saturated carbocycles. The third-order valence-electron chi connectivity index (χ3n) is 4.11. The van der Waals surface area contributed by atoms with Gasteiger partial charge in [0.1, 0.15) is 6.54 Å². The minimum Gasteiger partial charge on any atom is -0.351 e. The van der Waals surface area contributed by atoms with Crippen LogP contribution < -0.4 is 5.32 Å². The van der Waals surface area contributed by atoms with Gasteiger partial charge in [-0.3, -0.25) is 19.3 Å². The molecule has 0 bridgehead atoms. The fourth-order valence-electron chi connectivity index (χ4n) is 2.79. The Morgan fingerprint density at radius 2 is 2.00 bits per heavy atom. The summed E-state index contributed by atoms with van der Waals surface area (Å²) in [6.45, 7) is -0.416. The smallest absolute Gasteiger partial charge is 0.294 e. The van der Waals surface area contributed by atoms with Gasteiger partial charge in [-0.05, 0) is 29.8 Å². The Bertz CT molecular complexity index is 922. The molecule has 1 aromatic carbocycles. The zero-order chi connectivity index (χ0) is 19.4. The molecule has 0 unspecified atom stereocenters. The second kappa shape index (κ2) is 8.10. The summed E-state index contributed by atoms with van der Waals surface area (Å²) in [7, 11) is -3.11. The van der Waals surface area contributed by atoms with Gasteiger partial charge in [0.15, 0.2) is 9.84 Å². The van der Waals surface area contributed by atoms with Gasteiger partial charge in [0.25, 0.3) is 11.1 Å². The van der Waals surface area contributed by atoms with Gasteiger partial charge in [-0.25, -0.2) is 8.42 Å². The maximum Gasteiger partial charge on any atom is 0.294 e. The average molecular weight is 406 g/mol. The van der Waals surface area contributed by atoms with Crippen LogP contribution in [0, 0.1) is 0 Å². The summed E-state index contributed by atoms with van der Waals surface area (Å²) in [4.78, 5) is 37.5. The number of allylic oxidation sites excluding steroid dienone is 2. The molecule has 142 valence electrons. The normalized spacial score (nSPS) is 23.5. The third kappa shape index (κ3) is 5.08. The molecule has 1 N–H and O–H groups in total. The van der Waals surface area contributed by atoms with Crippen molar-refractivity contribution in [3.05, 3.63) is 53.0 Å².